The van der Waals surface area contributed by atoms with Gasteiger partial charge >= 0.3 is 5.97 Å². The molecule has 4 amide bonds. The third kappa shape index (κ3) is 13.1. The SMILES string of the molecule is C=CC(=O)N1CC[C@H](C(=O)N(C)[C@H](C(=O)N[C@H]2Cc3cc(O)cc(c3)-c3ccc4c(c3)c(c(C3=C(COC)COCC3)n4CC)CC(C)(C)COC(=O)[C@@H]3CCCN(N3)C2=O)C(C)C)C1.S.S.S.S. The van der Waals surface area contributed by atoms with E-state index in [1.54, 1.807) is 31.2 Å². The number of esters is 1. The lowest BCUT2D eigenvalue weighted by Crippen LogP contribution is -2.62. The number of phenols is 1. The number of phenolic OH excluding ortho intramolecular Hbond substituents is 1. The number of rotatable bonds is 10. The molecule has 0 radical (unpaired) electrons. The van der Waals surface area contributed by atoms with Gasteiger partial charge in [-0.3, -0.25) is 29.0 Å². The van der Waals surface area contributed by atoms with Gasteiger partial charge in [-0.2, -0.15) is 54.0 Å². The van der Waals surface area contributed by atoms with Gasteiger partial charge in [-0.05, 0) is 109 Å². The van der Waals surface area contributed by atoms with E-state index in [4.69, 9.17) is 14.2 Å². The van der Waals surface area contributed by atoms with Crippen LogP contribution < -0.4 is 10.7 Å². The molecule has 19 heteroatoms. The van der Waals surface area contributed by atoms with Crippen molar-refractivity contribution >= 4 is 100 Å². The molecule has 4 aliphatic heterocycles. The number of hydrogen-bond acceptors (Lipinski definition) is 10. The summed E-state index contributed by atoms with van der Waals surface area (Å²) >= 11 is 0. The van der Waals surface area contributed by atoms with Gasteiger partial charge in [0.05, 0.1) is 32.3 Å². The number of aromatic hydroxyl groups is 1. The Morgan fingerprint density at radius 2 is 1.80 bits per heavy atom. The molecule has 2 aromatic carbocycles. The smallest absolute Gasteiger partial charge is 0.324 e. The van der Waals surface area contributed by atoms with Crippen LogP contribution in [-0.4, -0.2) is 132 Å². The third-order valence-corrected chi connectivity index (χ3v) is 13.3. The van der Waals surface area contributed by atoms with Crippen molar-refractivity contribution in [2.24, 2.45) is 17.3 Å². The van der Waals surface area contributed by atoms with E-state index in [0.29, 0.717) is 64.2 Å². The second-order valence-electron chi connectivity index (χ2n) is 19.1. The first kappa shape index (κ1) is 59.2. The largest absolute Gasteiger partial charge is 0.508 e. The Labute approximate surface area is 434 Å². The fourth-order valence-electron chi connectivity index (χ4n) is 10.2. The zero-order valence-electron chi connectivity index (χ0n) is 41.0. The Hall–Kier alpha value is -4.11. The molecule has 0 aliphatic carbocycles. The van der Waals surface area contributed by atoms with Crippen molar-refractivity contribution < 1.29 is 43.3 Å². The second kappa shape index (κ2) is 25.3. The Morgan fingerprint density at radius 1 is 1.06 bits per heavy atom. The van der Waals surface area contributed by atoms with Crippen LogP contribution >= 0.6 is 54.0 Å². The van der Waals surface area contributed by atoms with Gasteiger partial charge in [0.2, 0.25) is 17.7 Å². The Kier molecular flexibility index (Phi) is 21.7. The van der Waals surface area contributed by atoms with Crippen molar-refractivity contribution in [3.8, 4) is 16.9 Å². The van der Waals surface area contributed by atoms with Crippen molar-refractivity contribution in [2.75, 3.05) is 60.2 Å². The molecular weight excluding hydrogens is 957 g/mol. The molecule has 6 bridgehead atoms. The summed E-state index contributed by atoms with van der Waals surface area (Å²) in [6.45, 7) is 16.8. The summed E-state index contributed by atoms with van der Waals surface area (Å²) in [5.74, 6) is -2.81. The number of aromatic nitrogens is 1. The van der Waals surface area contributed by atoms with Crippen LogP contribution in [0.2, 0.25) is 0 Å². The molecule has 3 aromatic rings. The molecule has 69 heavy (non-hydrogen) atoms. The van der Waals surface area contributed by atoms with Crippen molar-refractivity contribution in [2.45, 2.75) is 97.8 Å². The number of likely N-dealkylation sites (N-methyl/N-ethyl adjacent to an activating group) is 1. The first-order valence-corrected chi connectivity index (χ1v) is 23.0. The van der Waals surface area contributed by atoms with Gasteiger partial charge < -0.3 is 39.0 Å². The lowest BCUT2D eigenvalue weighted by atomic mass is 9.83. The van der Waals surface area contributed by atoms with E-state index in [-0.39, 0.29) is 104 Å². The van der Waals surface area contributed by atoms with Crippen molar-refractivity contribution in [1.82, 2.24) is 30.1 Å². The average molecular weight is 1030 g/mol. The van der Waals surface area contributed by atoms with E-state index < -0.39 is 47.2 Å². The fraction of sp³-hybridized carbons (Fsp3) is 0.540. The van der Waals surface area contributed by atoms with Crippen LogP contribution in [0.15, 0.2) is 54.6 Å². The highest BCUT2D eigenvalue weighted by molar-refractivity contribution is 7.59. The summed E-state index contributed by atoms with van der Waals surface area (Å²) in [6, 6.07) is 8.64. The summed E-state index contributed by atoms with van der Waals surface area (Å²) in [5, 5.41) is 16.7. The normalized spacial score (nSPS) is 20.8. The Bertz CT molecular complexity index is 2390. The second-order valence-corrected chi connectivity index (χ2v) is 19.1. The van der Waals surface area contributed by atoms with Gasteiger partial charge in [-0.25, -0.2) is 5.43 Å². The number of nitrogens with one attached hydrogen (secondary N) is 2. The molecule has 7 rings (SSSR count). The minimum atomic E-state index is -1.15. The number of hydrogen-bond donors (Lipinski definition) is 3. The van der Waals surface area contributed by atoms with Crippen LogP contribution in [-0.2, 0) is 57.6 Å². The molecule has 2 fully saturated rings. The number of likely N-dealkylation sites (tertiary alicyclic amines) is 1. The molecule has 4 aliphatic rings. The first-order chi connectivity index (χ1) is 31.0. The number of nitrogens with zero attached hydrogens (tertiary/aromatic N) is 4. The Balaban J connectivity index is 0.00000315. The van der Waals surface area contributed by atoms with Gasteiger partial charge in [0.15, 0.2) is 0 Å². The minimum Gasteiger partial charge on any atom is -0.508 e. The van der Waals surface area contributed by atoms with Crippen LogP contribution in [0.25, 0.3) is 27.6 Å². The number of methoxy groups -OCH3 is 1. The number of carbonyl (C=O) groups excluding carboxylic acids is 5. The van der Waals surface area contributed by atoms with E-state index in [1.807, 2.05) is 26.0 Å². The van der Waals surface area contributed by atoms with E-state index >= 15 is 0 Å². The third-order valence-electron chi connectivity index (χ3n) is 13.3. The summed E-state index contributed by atoms with van der Waals surface area (Å²) in [4.78, 5) is 72.3. The fourth-order valence-corrected chi connectivity index (χ4v) is 10.2. The zero-order chi connectivity index (χ0) is 46.7. The maximum absolute atomic E-state index is 14.7. The molecule has 15 nitrogen and oxygen atoms in total. The number of carbonyl (C=O) groups is 5. The highest BCUT2D eigenvalue weighted by Gasteiger charge is 2.40. The quantitative estimate of drug-likeness (QED) is 0.175. The van der Waals surface area contributed by atoms with Gasteiger partial charge in [-0.15, -0.1) is 0 Å². The topological polar surface area (TPSA) is 172 Å². The molecule has 382 valence electrons. The number of aryl methyl sites for hydroxylation is 1. The van der Waals surface area contributed by atoms with Gasteiger partial charge in [0.1, 0.15) is 23.9 Å². The first-order valence-electron chi connectivity index (χ1n) is 23.0. The van der Waals surface area contributed by atoms with Crippen LogP contribution in [0.3, 0.4) is 0 Å². The van der Waals surface area contributed by atoms with Crippen LogP contribution in [0.5, 0.6) is 5.75 Å². The molecule has 0 spiro atoms. The van der Waals surface area contributed by atoms with Crippen LogP contribution in [0.1, 0.15) is 77.1 Å². The van der Waals surface area contributed by atoms with Crippen LogP contribution in [0.4, 0.5) is 0 Å². The van der Waals surface area contributed by atoms with Crippen molar-refractivity contribution in [1.29, 1.82) is 0 Å². The number of fused-ring (bicyclic) bond motifs is 6. The number of cyclic esters (lactones) is 1. The van der Waals surface area contributed by atoms with Gasteiger partial charge in [-0.1, -0.05) is 46.4 Å². The van der Waals surface area contributed by atoms with Crippen molar-refractivity contribution in [3.05, 3.63) is 71.4 Å². The molecule has 3 N–H and O–H groups in total. The van der Waals surface area contributed by atoms with Crippen LogP contribution in [0, 0.1) is 17.3 Å². The molecule has 0 saturated carbocycles. The molecule has 2 saturated heterocycles. The molecular formula is C50H74N6O9S4. The standard InChI is InChI=1S/C50H66N6O9.4H2S/c1-9-43(58)54-18-15-33(26-54)47(60)53(7)44(30(3)4)46(59)51-41-22-31-20-34(23-36(57)21-31)32-13-14-42-38(24-32)39(45(55(42)10-2)37-16-19-64-28-35(37)27-63-8)25-50(5,6)29-65-49(62)40-12-11-17-56(52-40)48(41)61;;;;/h9,13-14,20-21,23-24,30,33,40-41,44,52,57H,1,10-12,15-19,22,25-29H2,2-8H3,(H,51,59);4*1H2/t33-,40-,41-,44-;;;;/m0..../s1. The minimum absolute atomic E-state index is 0. The monoisotopic (exact) mass is 1030 g/mol. The lowest BCUT2D eigenvalue weighted by molar-refractivity contribution is -0.155. The number of ether oxygens (including phenoxy) is 3. The highest BCUT2D eigenvalue weighted by Crippen LogP contribution is 2.41. The lowest BCUT2D eigenvalue weighted by Gasteiger charge is -2.37. The number of amides is 4. The van der Waals surface area contributed by atoms with E-state index in [0.717, 1.165) is 45.3 Å². The molecule has 0 unspecified atom stereocenters. The zero-order valence-corrected chi connectivity index (χ0v) is 45.0. The summed E-state index contributed by atoms with van der Waals surface area (Å²) in [6.07, 6.45) is 3.97. The van der Waals surface area contributed by atoms with E-state index in [2.05, 4.69) is 54.8 Å². The van der Waals surface area contributed by atoms with E-state index in [9.17, 15) is 29.1 Å². The number of hydrazine groups is 1. The summed E-state index contributed by atoms with van der Waals surface area (Å²) in [7, 11) is 3.28. The number of benzene rings is 2. The van der Waals surface area contributed by atoms with Gasteiger partial charge in [0, 0.05) is 68.8 Å². The van der Waals surface area contributed by atoms with E-state index in [1.165, 1.54) is 21.6 Å². The predicted octanol–water partition coefficient (Wildman–Crippen LogP) is 5.47. The highest BCUT2D eigenvalue weighted by atomic mass is 32.1. The Morgan fingerprint density at radius 3 is 2.48 bits per heavy atom. The van der Waals surface area contributed by atoms with Gasteiger partial charge in [0.25, 0.3) is 5.91 Å². The predicted molar refractivity (Wildman–Crippen MR) is 289 cm³/mol. The average Bonchev–Trinajstić information content (AvgIpc) is 3.90. The molecule has 5 heterocycles. The maximum atomic E-state index is 14.7. The summed E-state index contributed by atoms with van der Waals surface area (Å²) in [5.41, 5.74) is 10.4. The van der Waals surface area contributed by atoms with Crippen molar-refractivity contribution in [3.63, 3.8) is 0 Å². The molecule has 1 aromatic heterocycles. The summed E-state index contributed by atoms with van der Waals surface area (Å²) < 4.78 is 20.0. The maximum Gasteiger partial charge on any atom is 0.324 e. The molecule has 4 atom stereocenters.